The van der Waals surface area contributed by atoms with Crippen LogP contribution in [0.4, 0.5) is 0 Å². The highest BCUT2D eigenvalue weighted by Gasteiger charge is 2.14. The number of likely N-dealkylation sites (N-methyl/N-ethyl adjacent to an activating group) is 1. The highest BCUT2D eigenvalue weighted by molar-refractivity contribution is 6.30. The summed E-state index contributed by atoms with van der Waals surface area (Å²) in [7, 11) is 0. The zero-order valence-electron chi connectivity index (χ0n) is 10.4. The Morgan fingerprint density at radius 2 is 1.88 bits per heavy atom. The van der Waals surface area contributed by atoms with Crippen LogP contribution in [0.5, 0.6) is 0 Å². The number of carbonyl (C=O) groups is 1. The molecular formula is C14H18ClNO. The lowest BCUT2D eigenvalue weighted by atomic mass is 10.1. The molecular weight excluding hydrogens is 234 g/mol. The van der Waals surface area contributed by atoms with Crippen LogP contribution in [0, 0.1) is 0 Å². The maximum atomic E-state index is 12.1. The van der Waals surface area contributed by atoms with E-state index in [1.54, 1.807) is 24.3 Å². The predicted octanol–water partition coefficient (Wildman–Crippen LogP) is 3.77. The molecule has 0 aliphatic carbocycles. The van der Waals surface area contributed by atoms with Gasteiger partial charge in [0.2, 0.25) is 5.78 Å². The first kappa shape index (κ1) is 13.8. The molecule has 2 nitrogen and oxygen atoms in total. The average molecular weight is 252 g/mol. The fraction of sp³-hybridized carbons (Fsp3) is 0.357. The summed E-state index contributed by atoms with van der Waals surface area (Å²) < 4.78 is 0. The standard InChI is InChI=1S/C14H18ClNO/c1-4-10-16(5-2)11(3)14(17)12-6-8-13(15)9-7-12/h6-9H,3-5,10H2,1-2H3. The lowest BCUT2D eigenvalue weighted by Crippen LogP contribution is -2.27. The molecule has 0 radical (unpaired) electrons. The highest BCUT2D eigenvalue weighted by atomic mass is 35.5. The van der Waals surface area contributed by atoms with Crippen molar-refractivity contribution in [2.24, 2.45) is 0 Å². The first-order chi connectivity index (χ1) is 8.10. The fourth-order valence-electron chi connectivity index (χ4n) is 1.67. The Bertz CT molecular complexity index is 397. The van der Waals surface area contributed by atoms with Gasteiger partial charge in [-0.05, 0) is 37.6 Å². The van der Waals surface area contributed by atoms with Crippen molar-refractivity contribution in [2.45, 2.75) is 20.3 Å². The Morgan fingerprint density at radius 1 is 1.29 bits per heavy atom. The summed E-state index contributed by atoms with van der Waals surface area (Å²) >= 11 is 5.79. The SMILES string of the molecule is C=C(C(=O)c1ccc(Cl)cc1)N(CC)CCC. The normalized spacial score (nSPS) is 10.1. The third kappa shape index (κ3) is 3.60. The van der Waals surface area contributed by atoms with E-state index in [1.165, 1.54) is 0 Å². The summed E-state index contributed by atoms with van der Waals surface area (Å²) in [6.07, 6.45) is 1.00. The third-order valence-corrected chi connectivity index (χ3v) is 2.88. The molecule has 0 saturated carbocycles. The second-order valence-corrected chi connectivity index (χ2v) is 4.30. The number of halogens is 1. The number of hydrogen-bond donors (Lipinski definition) is 0. The number of hydrogen-bond acceptors (Lipinski definition) is 2. The van der Waals surface area contributed by atoms with Crippen molar-refractivity contribution >= 4 is 17.4 Å². The van der Waals surface area contributed by atoms with Gasteiger partial charge in [0.05, 0.1) is 5.70 Å². The summed E-state index contributed by atoms with van der Waals surface area (Å²) in [6.45, 7) is 9.65. The molecule has 0 fully saturated rings. The van der Waals surface area contributed by atoms with Gasteiger partial charge in [-0.25, -0.2) is 0 Å². The van der Waals surface area contributed by atoms with E-state index in [1.807, 2.05) is 11.8 Å². The van der Waals surface area contributed by atoms with Crippen LogP contribution in [0.3, 0.4) is 0 Å². The third-order valence-electron chi connectivity index (χ3n) is 2.63. The fourth-order valence-corrected chi connectivity index (χ4v) is 1.79. The highest BCUT2D eigenvalue weighted by Crippen LogP contribution is 2.14. The van der Waals surface area contributed by atoms with E-state index in [0.29, 0.717) is 16.3 Å². The van der Waals surface area contributed by atoms with Crippen molar-refractivity contribution < 1.29 is 4.79 Å². The van der Waals surface area contributed by atoms with Crippen molar-refractivity contribution in [2.75, 3.05) is 13.1 Å². The predicted molar refractivity (Wildman–Crippen MR) is 72.5 cm³/mol. The molecule has 0 aliphatic rings. The van der Waals surface area contributed by atoms with Crippen LogP contribution in [-0.2, 0) is 0 Å². The Balaban J connectivity index is 2.81. The summed E-state index contributed by atoms with van der Waals surface area (Å²) in [4.78, 5) is 14.1. The minimum atomic E-state index is -0.0306. The van der Waals surface area contributed by atoms with E-state index < -0.39 is 0 Å². The van der Waals surface area contributed by atoms with Crippen molar-refractivity contribution in [1.29, 1.82) is 0 Å². The zero-order valence-corrected chi connectivity index (χ0v) is 11.1. The largest absolute Gasteiger partial charge is 0.369 e. The van der Waals surface area contributed by atoms with Crippen molar-refractivity contribution in [3.05, 3.63) is 47.1 Å². The van der Waals surface area contributed by atoms with Crippen LogP contribution in [-0.4, -0.2) is 23.8 Å². The quantitative estimate of drug-likeness (QED) is 0.567. The Morgan fingerprint density at radius 3 is 2.35 bits per heavy atom. The van der Waals surface area contributed by atoms with Gasteiger partial charge >= 0.3 is 0 Å². The summed E-state index contributed by atoms with van der Waals surface area (Å²) in [5, 5.41) is 0.632. The number of nitrogens with zero attached hydrogens (tertiary/aromatic N) is 1. The molecule has 0 unspecified atom stereocenters. The average Bonchev–Trinajstić information content (AvgIpc) is 2.35. The van der Waals surface area contributed by atoms with Gasteiger partial charge in [0.1, 0.15) is 0 Å². The molecule has 0 aliphatic heterocycles. The topological polar surface area (TPSA) is 20.3 Å². The van der Waals surface area contributed by atoms with Crippen LogP contribution in [0.15, 0.2) is 36.5 Å². The Kier molecular flexibility index (Phi) is 5.23. The van der Waals surface area contributed by atoms with Crippen LogP contribution < -0.4 is 0 Å². The molecule has 1 aromatic carbocycles. The number of carbonyl (C=O) groups excluding carboxylic acids is 1. The molecule has 3 heteroatoms. The zero-order chi connectivity index (χ0) is 12.8. The van der Waals surface area contributed by atoms with Gasteiger partial charge in [-0.1, -0.05) is 25.1 Å². The molecule has 0 N–H and O–H groups in total. The maximum Gasteiger partial charge on any atom is 0.208 e. The van der Waals surface area contributed by atoms with Gasteiger partial charge in [-0.2, -0.15) is 0 Å². The monoisotopic (exact) mass is 251 g/mol. The Labute approximate surface area is 108 Å². The van der Waals surface area contributed by atoms with Gasteiger partial charge in [-0.3, -0.25) is 4.79 Å². The number of Topliss-reactive ketones (excluding diaryl/α,β-unsaturated/α-hetero) is 1. The molecule has 0 spiro atoms. The Hall–Kier alpha value is -1.28. The number of ketones is 1. The summed E-state index contributed by atoms with van der Waals surface area (Å²) in [5.41, 5.74) is 1.19. The van der Waals surface area contributed by atoms with E-state index in [4.69, 9.17) is 11.6 Å². The first-order valence-electron chi connectivity index (χ1n) is 5.84. The van der Waals surface area contributed by atoms with Crippen LogP contribution in [0.25, 0.3) is 0 Å². The van der Waals surface area contributed by atoms with Gasteiger partial charge in [-0.15, -0.1) is 0 Å². The van der Waals surface area contributed by atoms with Gasteiger partial charge in [0.25, 0.3) is 0 Å². The van der Waals surface area contributed by atoms with Crippen molar-refractivity contribution in [1.82, 2.24) is 4.90 Å². The molecule has 0 bridgehead atoms. The van der Waals surface area contributed by atoms with Gasteiger partial charge in [0, 0.05) is 23.7 Å². The molecule has 1 rings (SSSR count). The first-order valence-corrected chi connectivity index (χ1v) is 6.22. The maximum absolute atomic E-state index is 12.1. The van der Waals surface area contributed by atoms with Gasteiger partial charge < -0.3 is 4.90 Å². The molecule has 0 saturated heterocycles. The van der Waals surface area contributed by atoms with E-state index in [0.717, 1.165) is 19.5 Å². The second kappa shape index (κ2) is 6.45. The second-order valence-electron chi connectivity index (χ2n) is 3.86. The molecule has 0 heterocycles. The molecule has 17 heavy (non-hydrogen) atoms. The van der Waals surface area contributed by atoms with Crippen LogP contribution in [0.2, 0.25) is 5.02 Å². The summed E-state index contributed by atoms with van der Waals surface area (Å²) in [6, 6.07) is 6.90. The van der Waals surface area contributed by atoms with Crippen molar-refractivity contribution in [3.8, 4) is 0 Å². The van der Waals surface area contributed by atoms with Crippen LogP contribution in [0.1, 0.15) is 30.6 Å². The van der Waals surface area contributed by atoms with Crippen LogP contribution >= 0.6 is 11.6 Å². The van der Waals surface area contributed by atoms with Crippen molar-refractivity contribution in [3.63, 3.8) is 0 Å². The minimum Gasteiger partial charge on any atom is -0.369 e. The lowest BCUT2D eigenvalue weighted by Gasteiger charge is -2.23. The van der Waals surface area contributed by atoms with Gasteiger partial charge in [0.15, 0.2) is 0 Å². The number of benzene rings is 1. The molecule has 1 aromatic rings. The van der Waals surface area contributed by atoms with E-state index in [2.05, 4.69) is 13.5 Å². The minimum absolute atomic E-state index is 0.0306. The lowest BCUT2D eigenvalue weighted by molar-refractivity contribution is 0.0993. The summed E-state index contributed by atoms with van der Waals surface area (Å²) in [5.74, 6) is -0.0306. The number of allylic oxidation sites excluding steroid dienone is 1. The smallest absolute Gasteiger partial charge is 0.208 e. The van der Waals surface area contributed by atoms with E-state index in [9.17, 15) is 4.79 Å². The molecule has 0 aromatic heterocycles. The molecule has 0 amide bonds. The van der Waals surface area contributed by atoms with E-state index >= 15 is 0 Å². The van der Waals surface area contributed by atoms with E-state index in [-0.39, 0.29) is 5.78 Å². The molecule has 92 valence electrons. The number of rotatable bonds is 6. The molecule has 0 atom stereocenters.